The first-order valence-corrected chi connectivity index (χ1v) is 12.0. The lowest BCUT2D eigenvalue weighted by Crippen LogP contribution is -2.41. The Balaban J connectivity index is 1.48. The minimum Gasteiger partial charge on any atom is -0.496 e. The Morgan fingerprint density at radius 3 is 2.30 bits per heavy atom. The predicted octanol–water partition coefficient (Wildman–Crippen LogP) is 5.06. The van der Waals surface area contributed by atoms with Crippen LogP contribution in [0.5, 0.6) is 23.0 Å². The second-order valence-corrected chi connectivity index (χ2v) is 9.63. The fourth-order valence-corrected chi connectivity index (χ4v) is 4.10. The molecule has 1 aliphatic rings. The molecule has 0 aromatic heterocycles. The van der Waals surface area contributed by atoms with Crippen molar-refractivity contribution in [3.63, 3.8) is 0 Å². The number of fused-ring (bicyclic) bond motifs is 1. The average Bonchev–Trinajstić information content (AvgIpc) is 2.89. The Labute approximate surface area is 217 Å². The quantitative estimate of drug-likeness (QED) is 0.462. The second kappa shape index (κ2) is 10.8. The molecule has 3 aromatic rings. The maximum Gasteiger partial charge on any atom is 0.265 e. The van der Waals surface area contributed by atoms with Crippen LogP contribution in [0.15, 0.2) is 60.7 Å². The van der Waals surface area contributed by atoms with Gasteiger partial charge in [0.1, 0.15) is 35.2 Å². The third-order valence-electron chi connectivity index (χ3n) is 6.12. The first-order chi connectivity index (χ1) is 17.7. The fourth-order valence-electron chi connectivity index (χ4n) is 4.10. The van der Waals surface area contributed by atoms with E-state index in [2.05, 4.69) is 38.2 Å². The van der Waals surface area contributed by atoms with E-state index < -0.39 is 5.91 Å². The summed E-state index contributed by atoms with van der Waals surface area (Å²) in [5.41, 5.74) is 2.62. The van der Waals surface area contributed by atoms with E-state index >= 15 is 0 Å². The Morgan fingerprint density at radius 1 is 1.00 bits per heavy atom. The molecule has 4 rings (SSSR count). The molecule has 0 fully saturated rings. The van der Waals surface area contributed by atoms with Crippen LogP contribution in [0.1, 0.15) is 36.7 Å². The van der Waals surface area contributed by atoms with Gasteiger partial charge in [-0.15, -0.1) is 0 Å². The monoisotopic (exact) mass is 504 g/mol. The third kappa shape index (κ3) is 5.80. The lowest BCUT2D eigenvalue weighted by atomic mass is 9.87. The number of anilines is 2. The van der Waals surface area contributed by atoms with Gasteiger partial charge in [0.2, 0.25) is 0 Å². The van der Waals surface area contributed by atoms with Crippen molar-refractivity contribution >= 4 is 23.2 Å². The molecule has 0 spiro atoms. The Morgan fingerprint density at radius 2 is 1.68 bits per heavy atom. The third-order valence-corrected chi connectivity index (χ3v) is 6.12. The Bertz CT molecular complexity index is 1260. The summed E-state index contributed by atoms with van der Waals surface area (Å²) in [5, 5.41) is 2.87. The smallest absolute Gasteiger partial charge is 0.265 e. The van der Waals surface area contributed by atoms with E-state index in [-0.39, 0.29) is 23.5 Å². The van der Waals surface area contributed by atoms with Crippen molar-refractivity contribution in [2.75, 3.05) is 44.2 Å². The van der Waals surface area contributed by atoms with Crippen LogP contribution in [0.2, 0.25) is 0 Å². The number of rotatable bonds is 8. The number of hydrogen-bond acceptors (Lipinski definition) is 6. The van der Waals surface area contributed by atoms with Gasteiger partial charge in [-0.3, -0.25) is 9.59 Å². The zero-order valence-corrected chi connectivity index (χ0v) is 21.8. The van der Waals surface area contributed by atoms with Gasteiger partial charge in [-0.25, -0.2) is 0 Å². The molecule has 2 amide bonds. The Kier molecular flexibility index (Phi) is 7.57. The van der Waals surface area contributed by atoms with Crippen molar-refractivity contribution in [3.05, 3.63) is 71.8 Å². The summed E-state index contributed by atoms with van der Waals surface area (Å²) in [6, 6.07) is 18.3. The van der Waals surface area contributed by atoms with Crippen LogP contribution < -0.4 is 29.2 Å². The maximum atomic E-state index is 13.1. The topological polar surface area (TPSA) is 86.3 Å². The number of benzene rings is 3. The standard InChI is InChI=1S/C29H32N2O6/c1-29(2,3)19-9-12-21(13-10-19)36-16-15-31-22-17-20(11-14-23(22)37-18-26(31)32)30-28(33)27-24(34-4)7-6-8-25(27)35-5/h6-14,17H,15-16,18H2,1-5H3,(H,30,33). The number of carbonyl (C=O) groups excluding carboxylic acids is 2. The highest BCUT2D eigenvalue weighted by molar-refractivity contribution is 6.09. The number of nitrogens with one attached hydrogen (secondary N) is 1. The van der Waals surface area contributed by atoms with Gasteiger partial charge in [0.15, 0.2) is 6.61 Å². The molecule has 0 unspecified atom stereocenters. The second-order valence-electron chi connectivity index (χ2n) is 9.63. The van der Waals surface area contributed by atoms with Crippen molar-refractivity contribution in [2.45, 2.75) is 26.2 Å². The van der Waals surface area contributed by atoms with E-state index in [4.69, 9.17) is 18.9 Å². The molecule has 1 aliphatic heterocycles. The van der Waals surface area contributed by atoms with Gasteiger partial charge >= 0.3 is 0 Å². The molecule has 0 saturated carbocycles. The van der Waals surface area contributed by atoms with E-state index in [1.165, 1.54) is 19.8 Å². The van der Waals surface area contributed by atoms with Gasteiger partial charge < -0.3 is 29.2 Å². The molecule has 37 heavy (non-hydrogen) atoms. The van der Waals surface area contributed by atoms with Crippen molar-refractivity contribution in [3.8, 4) is 23.0 Å². The van der Waals surface area contributed by atoms with Crippen molar-refractivity contribution in [2.24, 2.45) is 0 Å². The van der Waals surface area contributed by atoms with Crippen LogP contribution in [0.4, 0.5) is 11.4 Å². The van der Waals surface area contributed by atoms with Crippen LogP contribution >= 0.6 is 0 Å². The lowest BCUT2D eigenvalue weighted by molar-refractivity contribution is -0.121. The molecule has 1 heterocycles. The number of nitrogens with zero attached hydrogens (tertiary/aromatic N) is 1. The minimum atomic E-state index is -0.397. The molecule has 8 heteroatoms. The summed E-state index contributed by atoms with van der Waals surface area (Å²) in [7, 11) is 2.98. The van der Waals surface area contributed by atoms with Crippen molar-refractivity contribution < 1.29 is 28.5 Å². The number of ether oxygens (including phenoxy) is 4. The van der Waals surface area contributed by atoms with Gasteiger partial charge in [0.25, 0.3) is 11.8 Å². The highest BCUT2D eigenvalue weighted by atomic mass is 16.5. The summed E-state index contributed by atoms with van der Waals surface area (Å²) in [6.45, 7) is 7.05. The number of methoxy groups -OCH3 is 2. The van der Waals surface area contributed by atoms with E-state index in [0.29, 0.717) is 41.8 Å². The normalized spacial score (nSPS) is 12.9. The molecule has 0 radical (unpaired) electrons. The van der Waals surface area contributed by atoms with Gasteiger partial charge in [-0.2, -0.15) is 0 Å². The molecular weight excluding hydrogens is 472 g/mol. The zero-order valence-electron chi connectivity index (χ0n) is 21.8. The average molecular weight is 505 g/mol. The summed E-state index contributed by atoms with van der Waals surface area (Å²) in [5.74, 6) is 1.49. The zero-order chi connectivity index (χ0) is 26.6. The summed E-state index contributed by atoms with van der Waals surface area (Å²) in [4.78, 5) is 27.4. The van der Waals surface area contributed by atoms with E-state index in [1.807, 2.05) is 12.1 Å². The molecule has 0 atom stereocenters. The SMILES string of the molecule is COc1cccc(OC)c1C(=O)Nc1ccc2c(c1)N(CCOc1ccc(C(C)(C)C)cc1)C(=O)CO2. The van der Waals surface area contributed by atoms with Crippen molar-refractivity contribution in [1.82, 2.24) is 0 Å². The van der Waals surface area contributed by atoms with E-state index in [9.17, 15) is 9.59 Å². The molecule has 1 N–H and O–H groups in total. The van der Waals surface area contributed by atoms with Crippen LogP contribution in [0, 0.1) is 0 Å². The van der Waals surface area contributed by atoms with Crippen LogP contribution in [0.3, 0.4) is 0 Å². The molecule has 3 aromatic carbocycles. The van der Waals surface area contributed by atoms with Gasteiger partial charge in [-0.05, 0) is 53.4 Å². The first kappa shape index (κ1) is 25.9. The minimum absolute atomic E-state index is 0.0581. The summed E-state index contributed by atoms with van der Waals surface area (Å²) >= 11 is 0. The van der Waals surface area contributed by atoms with Gasteiger partial charge in [0, 0.05) is 5.69 Å². The highest BCUT2D eigenvalue weighted by Gasteiger charge is 2.27. The summed E-state index contributed by atoms with van der Waals surface area (Å²) < 4.78 is 22.2. The van der Waals surface area contributed by atoms with Crippen molar-refractivity contribution in [1.29, 1.82) is 0 Å². The number of hydrogen-bond donors (Lipinski definition) is 1. The fraction of sp³-hybridized carbons (Fsp3) is 0.310. The molecular formula is C29H32N2O6. The molecule has 8 nitrogen and oxygen atoms in total. The van der Waals surface area contributed by atoms with Crippen LogP contribution in [-0.4, -0.2) is 45.8 Å². The van der Waals surface area contributed by atoms with E-state index in [1.54, 1.807) is 41.3 Å². The summed E-state index contributed by atoms with van der Waals surface area (Å²) in [6.07, 6.45) is 0. The van der Waals surface area contributed by atoms with Gasteiger partial charge in [0.05, 0.1) is 26.5 Å². The number of carbonyl (C=O) groups is 2. The van der Waals surface area contributed by atoms with Crippen LogP contribution in [-0.2, 0) is 10.2 Å². The first-order valence-electron chi connectivity index (χ1n) is 12.0. The number of amides is 2. The largest absolute Gasteiger partial charge is 0.496 e. The molecule has 194 valence electrons. The van der Waals surface area contributed by atoms with Gasteiger partial charge in [-0.1, -0.05) is 39.0 Å². The Hall–Kier alpha value is -4.20. The lowest BCUT2D eigenvalue weighted by Gasteiger charge is -2.30. The van der Waals surface area contributed by atoms with E-state index in [0.717, 1.165) is 5.75 Å². The molecule has 0 bridgehead atoms. The highest BCUT2D eigenvalue weighted by Crippen LogP contribution is 2.36. The predicted molar refractivity (Wildman–Crippen MR) is 142 cm³/mol. The molecule has 0 aliphatic carbocycles. The van der Waals surface area contributed by atoms with Crippen LogP contribution in [0.25, 0.3) is 0 Å². The maximum absolute atomic E-state index is 13.1. The molecule has 0 saturated heterocycles.